The van der Waals surface area contributed by atoms with Gasteiger partial charge in [0, 0.05) is 10.9 Å². The van der Waals surface area contributed by atoms with Crippen LogP contribution in [0.2, 0.25) is 0 Å². The molecule has 1 heterocycles. The van der Waals surface area contributed by atoms with Crippen LogP contribution < -0.4 is 0 Å². The minimum absolute atomic E-state index is 0.0445. The van der Waals surface area contributed by atoms with E-state index in [0.29, 0.717) is 16.5 Å². The Morgan fingerprint density at radius 1 is 1.16 bits per heavy atom. The maximum atomic E-state index is 11.4. The molecule has 5 nitrogen and oxygen atoms in total. The monoisotopic (exact) mass is 255 g/mol. The van der Waals surface area contributed by atoms with Gasteiger partial charge in [-0.1, -0.05) is 18.2 Å². The first-order valence-electron chi connectivity index (χ1n) is 5.68. The van der Waals surface area contributed by atoms with Crippen molar-refractivity contribution in [3.63, 3.8) is 0 Å². The highest BCUT2D eigenvalue weighted by molar-refractivity contribution is 6.09. The van der Waals surface area contributed by atoms with Gasteiger partial charge in [0.05, 0.1) is 6.07 Å². The number of fused-ring (bicyclic) bond motifs is 3. The Morgan fingerprint density at radius 2 is 1.89 bits per heavy atom. The summed E-state index contributed by atoms with van der Waals surface area (Å²) in [6.07, 6.45) is 0. The van der Waals surface area contributed by atoms with E-state index in [2.05, 4.69) is 0 Å². The second-order valence-corrected chi connectivity index (χ2v) is 4.31. The third kappa shape index (κ3) is 1.76. The van der Waals surface area contributed by atoms with E-state index in [9.17, 15) is 14.9 Å². The van der Waals surface area contributed by atoms with Crippen molar-refractivity contribution in [2.24, 2.45) is 0 Å². The normalized spacial score (nSPS) is 11.0. The number of rotatable bonds is 2. The number of hydrogen-bond donors (Lipinski definition) is 0. The lowest BCUT2D eigenvalue weighted by Gasteiger charge is -2.01. The number of benzene rings is 2. The predicted octanol–water partition coefficient (Wildman–Crippen LogP) is 3.70. The van der Waals surface area contributed by atoms with E-state index in [1.165, 1.54) is 13.0 Å². The van der Waals surface area contributed by atoms with Gasteiger partial charge in [-0.15, -0.1) is 0 Å². The van der Waals surface area contributed by atoms with Crippen molar-refractivity contribution < 1.29 is 14.1 Å². The van der Waals surface area contributed by atoms with Crippen molar-refractivity contribution in [1.82, 2.24) is 0 Å². The number of carbonyl (C=O) groups excluding carboxylic acids is 1. The first-order valence-corrected chi connectivity index (χ1v) is 5.68. The van der Waals surface area contributed by atoms with Crippen molar-refractivity contribution in [3.05, 3.63) is 52.1 Å². The molecule has 2 aromatic carbocycles. The molecule has 0 unspecified atom stereocenters. The van der Waals surface area contributed by atoms with E-state index in [4.69, 9.17) is 4.42 Å². The van der Waals surface area contributed by atoms with Gasteiger partial charge in [0.2, 0.25) is 0 Å². The van der Waals surface area contributed by atoms with Crippen LogP contribution >= 0.6 is 0 Å². The summed E-state index contributed by atoms with van der Waals surface area (Å²) < 4.78 is 5.15. The first kappa shape index (κ1) is 11.4. The highest BCUT2D eigenvalue weighted by Gasteiger charge is 2.15. The molecule has 19 heavy (non-hydrogen) atoms. The SMILES string of the molecule is CC(=O)c1ccc2ccc3oc([N+](=O)[O-])cc3c2c1. The summed E-state index contributed by atoms with van der Waals surface area (Å²) in [5, 5.41) is 13.1. The lowest BCUT2D eigenvalue weighted by molar-refractivity contribution is -0.401. The highest BCUT2D eigenvalue weighted by Crippen LogP contribution is 2.31. The van der Waals surface area contributed by atoms with Gasteiger partial charge in [-0.3, -0.25) is 14.9 Å². The standard InChI is InChI=1S/C14H9NO4/c1-8(16)10-3-2-9-4-5-13-12(11(9)6-10)7-14(19-13)15(17)18/h2-7H,1H3. The average Bonchev–Trinajstić information content (AvgIpc) is 2.82. The van der Waals surface area contributed by atoms with Gasteiger partial charge < -0.3 is 4.42 Å². The van der Waals surface area contributed by atoms with Gasteiger partial charge in [-0.05, 0) is 29.8 Å². The number of nitro groups is 1. The van der Waals surface area contributed by atoms with E-state index in [1.807, 2.05) is 12.1 Å². The lowest BCUT2D eigenvalue weighted by atomic mass is 10.0. The summed E-state index contributed by atoms with van der Waals surface area (Å²) in [5.74, 6) is -0.340. The topological polar surface area (TPSA) is 73.3 Å². The summed E-state index contributed by atoms with van der Waals surface area (Å²) >= 11 is 0. The predicted molar refractivity (Wildman–Crippen MR) is 70.4 cm³/mol. The molecule has 0 bridgehead atoms. The van der Waals surface area contributed by atoms with E-state index in [1.54, 1.807) is 18.2 Å². The zero-order valence-electron chi connectivity index (χ0n) is 10.0. The van der Waals surface area contributed by atoms with Gasteiger partial charge in [-0.2, -0.15) is 0 Å². The second-order valence-electron chi connectivity index (χ2n) is 4.31. The molecule has 3 rings (SSSR count). The van der Waals surface area contributed by atoms with Crippen LogP contribution in [0.15, 0.2) is 40.8 Å². The lowest BCUT2D eigenvalue weighted by Crippen LogP contribution is -1.90. The Balaban J connectivity index is 2.39. The number of nitrogens with zero attached hydrogens (tertiary/aromatic N) is 1. The van der Waals surface area contributed by atoms with Crippen molar-refractivity contribution in [2.45, 2.75) is 6.92 Å². The Hall–Kier alpha value is -2.69. The summed E-state index contributed by atoms with van der Waals surface area (Å²) in [6, 6.07) is 10.2. The molecule has 3 aromatic rings. The van der Waals surface area contributed by atoms with Crippen LogP contribution in [-0.4, -0.2) is 10.7 Å². The molecule has 0 amide bonds. The van der Waals surface area contributed by atoms with Gasteiger partial charge in [0.1, 0.15) is 10.5 Å². The third-order valence-corrected chi connectivity index (χ3v) is 3.09. The van der Waals surface area contributed by atoms with E-state index in [0.717, 1.165) is 10.8 Å². The van der Waals surface area contributed by atoms with Crippen molar-refractivity contribution in [3.8, 4) is 0 Å². The summed E-state index contributed by atoms with van der Waals surface area (Å²) in [7, 11) is 0. The fourth-order valence-electron chi connectivity index (χ4n) is 2.14. The second kappa shape index (κ2) is 3.91. The van der Waals surface area contributed by atoms with E-state index in [-0.39, 0.29) is 11.7 Å². The minimum Gasteiger partial charge on any atom is -0.401 e. The molecule has 0 saturated heterocycles. The molecule has 1 aromatic heterocycles. The van der Waals surface area contributed by atoms with Crippen LogP contribution in [0.3, 0.4) is 0 Å². The zero-order valence-corrected chi connectivity index (χ0v) is 10.0. The number of furan rings is 1. The molecule has 0 N–H and O–H groups in total. The van der Waals surface area contributed by atoms with Gasteiger partial charge >= 0.3 is 5.88 Å². The van der Waals surface area contributed by atoms with E-state index >= 15 is 0 Å². The van der Waals surface area contributed by atoms with Gasteiger partial charge in [-0.25, -0.2) is 0 Å². The Morgan fingerprint density at radius 3 is 2.58 bits per heavy atom. The Bertz CT molecular complexity index is 832. The molecule has 5 heteroatoms. The molecule has 0 fully saturated rings. The third-order valence-electron chi connectivity index (χ3n) is 3.09. The summed E-state index contributed by atoms with van der Waals surface area (Å²) in [6.45, 7) is 1.49. The molecule has 0 atom stereocenters. The fourth-order valence-corrected chi connectivity index (χ4v) is 2.14. The van der Waals surface area contributed by atoms with Crippen LogP contribution in [-0.2, 0) is 0 Å². The van der Waals surface area contributed by atoms with Gasteiger partial charge in [0.25, 0.3) is 0 Å². The zero-order chi connectivity index (χ0) is 13.6. The van der Waals surface area contributed by atoms with Crippen LogP contribution in [0.5, 0.6) is 0 Å². The molecule has 0 aliphatic rings. The Labute approximate surface area is 107 Å². The van der Waals surface area contributed by atoms with Crippen LogP contribution in [0.25, 0.3) is 21.7 Å². The largest absolute Gasteiger partial charge is 0.434 e. The Kier molecular flexibility index (Phi) is 2.35. The maximum Gasteiger partial charge on any atom is 0.434 e. The highest BCUT2D eigenvalue weighted by atomic mass is 16.6. The molecule has 0 aliphatic heterocycles. The smallest absolute Gasteiger partial charge is 0.401 e. The molecule has 0 aliphatic carbocycles. The van der Waals surface area contributed by atoms with Crippen LogP contribution in [0.4, 0.5) is 5.88 Å². The summed E-state index contributed by atoms with van der Waals surface area (Å²) in [5.41, 5.74) is 1.02. The molecule has 0 radical (unpaired) electrons. The summed E-state index contributed by atoms with van der Waals surface area (Å²) in [4.78, 5) is 21.6. The van der Waals surface area contributed by atoms with Crippen molar-refractivity contribution in [2.75, 3.05) is 0 Å². The molecule has 94 valence electrons. The van der Waals surface area contributed by atoms with Crippen LogP contribution in [0, 0.1) is 10.1 Å². The fraction of sp³-hybridized carbons (Fsp3) is 0.0714. The van der Waals surface area contributed by atoms with Crippen molar-refractivity contribution in [1.29, 1.82) is 0 Å². The molecule has 0 saturated carbocycles. The number of hydrogen-bond acceptors (Lipinski definition) is 4. The van der Waals surface area contributed by atoms with Crippen molar-refractivity contribution >= 4 is 33.4 Å². The van der Waals surface area contributed by atoms with Crippen LogP contribution in [0.1, 0.15) is 17.3 Å². The number of Topliss-reactive ketones (excluding diaryl/α,β-unsaturated/α-hetero) is 1. The van der Waals surface area contributed by atoms with E-state index < -0.39 is 4.92 Å². The number of ketones is 1. The minimum atomic E-state index is -0.569. The average molecular weight is 255 g/mol. The maximum absolute atomic E-state index is 11.4. The quantitative estimate of drug-likeness (QED) is 0.397. The molecular formula is C14H9NO4. The first-order chi connectivity index (χ1) is 9.06. The molecular weight excluding hydrogens is 246 g/mol. The number of carbonyl (C=O) groups is 1. The van der Waals surface area contributed by atoms with Gasteiger partial charge in [0.15, 0.2) is 5.78 Å². The molecule has 0 spiro atoms.